The zero-order chi connectivity index (χ0) is 21.3. The number of carbonyl (C=O) groups is 1. The van der Waals surface area contributed by atoms with Gasteiger partial charge in [-0.2, -0.15) is 0 Å². The third kappa shape index (κ3) is 8.53. The van der Waals surface area contributed by atoms with E-state index in [1.165, 1.54) is 27.6 Å². The van der Waals surface area contributed by atoms with Gasteiger partial charge in [-0.1, -0.05) is 18.2 Å². The van der Waals surface area contributed by atoms with Crippen molar-refractivity contribution >= 4 is 106 Å². The van der Waals surface area contributed by atoms with E-state index in [0.29, 0.717) is 6.04 Å². The van der Waals surface area contributed by atoms with E-state index in [1.54, 1.807) is 0 Å². The van der Waals surface area contributed by atoms with Gasteiger partial charge in [0.2, 0.25) is 5.91 Å². The minimum atomic E-state index is -4.64. The fourth-order valence-corrected chi connectivity index (χ4v) is 4.38. The Morgan fingerprint density at radius 1 is 1.21 bits per heavy atom. The number of likely N-dealkylation sites (N-methyl/N-ethyl adjacent to an activating group) is 1. The van der Waals surface area contributed by atoms with E-state index in [-0.39, 0.29) is 104 Å². The number of aromatic amines is 1. The normalized spacial score (nSPS) is 18.5. The van der Waals surface area contributed by atoms with E-state index in [1.807, 2.05) is 4.90 Å². The van der Waals surface area contributed by atoms with Crippen LogP contribution in [0.1, 0.15) is 30.7 Å². The smallest absolute Gasteiger partial charge is 1.00 e. The molecule has 182 valence electrons. The maximum Gasteiger partial charge on any atom is 2.00 e. The predicted octanol–water partition coefficient (Wildman–Crippen LogP) is 0.0164. The van der Waals surface area contributed by atoms with Crippen LogP contribution < -0.4 is 0 Å². The second-order valence-corrected chi connectivity index (χ2v) is 8.48. The molecule has 2 aromatic rings. The molecule has 0 fully saturated rings. The van der Waals surface area contributed by atoms with Crippen molar-refractivity contribution in [1.29, 1.82) is 0 Å². The summed E-state index contributed by atoms with van der Waals surface area (Å²) in [6.45, 7) is 6.47. The molecule has 2 aliphatic rings. The number of fused-ring (bicyclic) bond motifs is 2. The summed E-state index contributed by atoms with van der Waals surface area (Å²) in [5.41, 5.74) is 5.21. The first-order chi connectivity index (χ1) is 13.6. The molecule has 0 radical (unpaired) electrons. The van der Waals surface area contributed by atoms with Crippen LogP contribution in [0.2, 0.25) is 0 Å². The Kier molecular flexibility index (Phi) is 16.1. The number of rotatable bonds is 3. The maximum atomic E-state index is 12.9. The van der Waals surface area contributed by atoms with Crippen LogP contribution in [-0.2, 0) is 15.8 Å². The Labute approximate surface area is 259 Å². The molecule has 1 aromatic heterocycles. The van der Waals surface area contributed by atoms with Gasteiger partial charge in [0.15, 0.2) is 0 Å². The summed E-state index contributed by atoms with van der Waals surface area (Å²) in [5.74, 6) is 0.210. The van der Waals surface area contributed by atoms with Gasteiger partial charge in [-0.25, -0.2) is 4.57 Å². The molecule has 10 nitrogen and oxygen atoms in total. The monoisotopic (exact) mass is 541 g/mol. The van der Waals surface area contributed by atoms with Gasteiger partial charge in [0, 0.05) is 42.8 Å². The van der Waals surface area contributed by atoms with Crippen molar-refractivity contribution in [3.8, 4) is 0 Å². The Morgan fingerprint density at radius 3 is 2.33 bits per heavy atom. The third-order valence-electron chi connectivity index (χ3n) is 5.66. The molecule has 1 aliphatic carbocycles. The molecule has 13 heteroatoms. The standard InChI is InChI=1S/C20H25N3O.2Ca.H3O4P.2H2O.4H/c1-4-23(5-2)20(24)14-9-16-15-7-6-8-17-19(15)13(11-21-17)10-18(16)22(3)12-14;;;1-5(2,3)4;;;;;;/h6-9,11,14,18,21H,4-5,10,12H2,1-3H3;;;(H3,1,2,3,4);2*1H2;;;;/q;2*+2;;;;4*-1/t14-,18-;;;;;;;;;/m1........./s1. The van der Waals surface area contributed by atoms with E-state index in [4.69, 9.17) is 19.2 Å². The number of H-pyrrole nitrogens is 1. The van der Waals surface area contributed by atoms with Gasteiger partial charge in [-0.15, -0.1) is 0 Å². The molecule has 1 aromatic carbocycles. The fourth-order valence-electron chi connectivity index (χ4n) is 4.38. The van der Waals surface area contributed by atoms with Gasteiger partial charge in [-0.05, 0) is 50.1 Å². The molecular weight excluding hydrogens is 505 g/mol. The molecule has 2 heterocycles. The first-order valence-corrected chi connectivity index (χ1v) is 11.3. The summed E-state index contributed by atoms with van der Waals surface area (Å²) >= 11 is 0. The Morgan fingerprint density at radius 2 is 1.79 bits per heavy atom. The molecule has 8 N–H and O–H groups in total. The number of nitrogens with one attached hydrogen (secondary N) is 1. The summed E-state index contributed by atoms with van der Waals surface area (Å²) < 4.78 is 8.88. The van der Waals surface area contributed by atoms with Crippen LogP contribution >= 0.6 is 7.82 Å². The van der Waals surface area contributed by atoms with Gasteiger partial charge in [0.05, 0.1) is 5.92 Å². The number of aromatic nitrogens is 1. The topological polar surface area (TPSA) is 180 Å². The van der Waals surface area contributed by atoms with Crippen LogP contribution in [0, 0.1) is 5.92 Å². The van der Waals surface area contributed by atoms with Gasteiger partial charge in [-0.3, -0.25) is 9.69 Å². The SMILES string of the molecule is CCN(CC)C(=O)[C@@H]1C=C2c3cccc4[nH]cc(c34)C[C@H]2N(C)C1.O.O.O=P(O)(O)O.[Ca+2].[Ca+2].[H-].[H-].[H-].[H-]. The molecule has 0 saturated carbocycles. The summed E-state index contributed by atoms with van der Waals surface area (Å²) in [6.07, 6.45) is 5.41. The maximum absolute atomic E-state index is 12.9. The van der Waals surface area contributed by atoms with Crippen molar-refractivity contribution in [2.45, 2.75) is 26.3 Å². The molecule has 0 unspecified atom stereocenters. The van der Waals surface area contributed by atoms with Crippen molar-refractivity contribution in [3.63, 3.8) is 0 Å². The first-order valence-electron chi connectivity index (χ1n) is 9.72. The number of amides is 1. The van der Waals surface area contributed by atoms with Crippen molar-refractivity contribution in [3.05, 3.63) is 41.6 Å². The molecule has 1 aliphatic heterocycles. The number of hydrogen-bond donors (Lipinski definition) is 4. The average Bonchev–Trinajstić information content (AvgIpc) is 3.06. The van der Waals surface area contributed by atoms with Crippen LogP contribution in [0.5, 0.6) is 0 Å². The van der Waals surface area contributed by atoms with E-state index in [0.717, 1.165) is 26.1 Å². The van der Waals surface area contributed by atoms with Crippen LogP contribution in [0.3, 0.4) is 0 Å². The number of phosphoric acid groups is 1. The summed E-state index contributed by atoms with van der Waals surface area (Å²) in [7, 11) is -2.49. The largest absolute Gasteiger partial charge is 2.00 e. The number of carbonyl (C=O) groups excluding carboxylic acids is 1. The Bertz CT molecular complexity index is 1000. The Balaban J connectivity index is -0.000000171. The van der Waals surface area contributed by atoms with Crippen molar-refractivity contribution in [2.75, 3.05) is 26.7 Å². The Hall–Kier alpha value is 0.479. The van der Waals surface area contributed by atoms with Gasteiger partial charge in [0.25, 0.3) is 0 Å². The van der Waals surface area contributed by atoms with Crippen LogP contribution in [0.15, 0.2) is 30.5 Å². The van der Waals surface area contributed by atoms with Crippen molar-refractivity contribution in [2.24, 2.45) is 5.92 Å². The van der Waals surface area contributed by atoms with E-state index in [2.05, 4.69) is 61.3 Å². The molecule has 1 amide bonds. The second kappa shape index (κ2) is 14.9. The average molecular weight is 542 g/mol. The minimum Gasteiger partial charge on any atom is -1.00 e. The van der Waals surface area contributed by atoms with Crippen molar-refractivity contribution < 1.29 is 40.7 Å². The summed E-state index contributed by atoms with van der Waals surface area (Å²) in [6, 6.07) is 6.82. The molecular formula is C20H36Ca2N3O7P. The first kappa shape index (κ1) is 35.6. The van der Waals surface area contributed by atoms with Crippen molar-refractivity contribution in [1.82, 2.24) is 14.8 Å². The van der Waals surface area contributed by atoms with E-state index < -0.39 is 7.82 Å². The van der Waals surface area contributed by atoms with Crippen LogP contribution in [-0.4, -0.2) is 155 Å². The minimum absolute atomic E-state index is 0. The summed E-state index contributed by atoms with van der Waals surface area (Å²) in [5, 5.41) is 1.34. The number of hydrogen-bond acceptors (Lipinski definition) is 3. The zero-order valence-corrected chi connectivity index (χ0v) is 24.6. The second-order valence-electron chi connectivity index (χ2n) is 7.45. The third-order valence-corrected chi connectivity index (χ3v) is 5.66. The fraction of sp³-hybridized carbons (Fsp3) is 0.450. The van der Waals surface area contributed by atoms with Crippen LogP contribution in [0.4, 0.5) is 0 Å². The van der Waals surface area contributed by atoms with E-state index >= 15 is 0 Å². The molecule has 0 spiro atoms. The van der Waals surface area contributed by atoms with Gasteiger partial charge >= 0.3 is 83.3 Å². The number of nitrogens with zero attached hydrogens (tertiary/aromatic N) is 2. The zero-order valence-electron chi connectivity index (χ0n) is 23.3. The predicted molar refractivity (Wildman–Crippen MR) is 135 cm³/mol. The molecule has 0 saturated heterocycles. The summed E-state index contributed by atoms with van der Waals surface area (Å²) in [4.78, 5) is 42.1. The van der Waals surface area contributed by atoms with E-state index in [9.17, 15) is 4.79 Å². The van der Waals surface area contributed by atoms with Gasteiger partial charge < -0.3 is 41.2 Å². The quantitative estimate of drug-likeness (QED) is 0.314. The van der Waals surface area contributed by atoms with Crippen LogP contribution in [0.25, 0.3) is 16.5 Å². The number of benzene rings is 1. The molecule has 33 heavy (non-hydrogen) atoms. The van der Waals surface area contributed by atoms with Gasteiger partial charge in [0.1, 0.15) is 0 Å². The molecule has 0 bridgehead atoms. The molecule has 2 atom stereocenters. The molecule has 4 rings (SSSR count).